The molecule has 90 valence electrons. The first-order chi connectivity index (χ1) is 8.72. The van der Waals surface area contributed by atoms with E-state index in [1.54, 1.807) is 0 Å². The zero-order valence-electron chi connectivity index (χ0n) is 9.60. The van der Waals surface area contributed by atoms with Crippen LogP contribution in [0.25, 0.3) is 10.9 Å². The molecule has 0 unspecified atom stereocenters. The molecule has 18 heavy (non-hydrogen) atoms. The number of carbonyl (C=O) groups is 1. The molecule has 0 aliphatic rings. The number of aromatic amines is 1. The van der Waals surface area contributed by atoms with E-state index in [-0.39, 0.29) is 5.91 Å². The first kappa shape index (κ1) is 10.9. The summed E-state index contributed by atoms with van der Waals surface area (Å²) in [7, 11) is 0. The van der Waals surface area contributed by atoms with Crippen molar-refractivity contribution in [3.05, 3.63) is 41.0 Å². The van der Waals surface area contributed by atoms with Gasteiger partial charge in [0.05, 0.1) is 0 Å². The van der Waals surface area contributed by atoms with Crippen LogP contribution in [0.15, 0.2) is 30.3 Å². The van der Waals surface area contributed by atoms with Gasteiger partial charge < -0.3 is 4.98 Å². The molecule has 2 N–H and O–H groups in total. The van der Waals surface area contributed by atoms with Gasteiger partial charge in [-0.1, -0.05) is 29.5 Å². The number of hydrogen-bond acceptors (Lipinski definition) is 4. The number of anilines is 1. The SMILES string of the molecule is Cc1nnc(NC(=O)c2cc3ccccc3[nH]2)s1. The van der Waals surface area contributed by atoms with Crippen LogP contribution in [0.4, 0.5) is 5.13 Å². The second-order valence-corrected chi connectivity index (χ2v) is 5.03. The second kappa shape index (κ2) is 4.23. The van der Waals surface area contributed by atoms with Crippen molar-refractivity contribution >= 4 is 33.3 Å². The van der Waals surface area contributed by atoms with E-state index in [1.807, 2.05) is 37.3 Å². The summed E-state index contributed by atoms with van der Waals surface area (Å²) in [4.78, 5) is 15.1. The Morgan fingerprint density at radius 2 is 2.17 bits per heavy atom. The fraction of sp³-hybridized carbons (Fsp3) is 0.0833. The normalized spacial score (nSPS) is 10.7. The minimum Gasteiger partial charge on any atom is -0.351 e. The number of H-pyrrole nitrogens is 1. The van der Waals surface area contributed by atoms with Crippen LogP contribution < -0.4 is 5.32 Å². The lowest BCUT2D eigenvalue weighted by Gasteiger charge is -1.96. The number of carbonyl (C=O) groups excluding carboxylic acids is 1. The summed E-state index contributed by atoms with van der Waals surface area (Å²) in [6, 6.07) is 9.57. The van der Waals surface area contributed by atoms with E-state index in [1.165, 1.54) is 11.3 Å². The Bertz CT molecular complexity index is 683. The zero-order valence-corrected chi connectivity index (χ0v) is 10.4. The first-order valence-electron chi connectivity index (χ1n) is 5.41. The average Bonchev–Trinajstić information content (AvgIpc) is 2.95. The molecular weight excluding hydrogens is 248 g/mol. The summed E-state index contributed by atoms with van der Waals surface area (Å²) in [5.74, 6) is -0.206. The smallest absolute Gasteiger partial charge is 0.273 e. The maximum Gasteiger partial charge on any atom is 0.273 e. The number of aryl methyl sites for hydroxylation is 1. The van der Waals surface area contributed by atoms with Gasteiger partial charge in [0.1, 0.15) is 10.7 Å². The topological polar surface area (TPSA) is 70.7 Å². The van der Waals surface area contributed by atoms with Crippen molar-refractivity contribution in [3.63, 3.8) is 0 Å². The lowest BCUT2D eigenvalue weighted by Crippen LogP contribution is -2.11. The minimum atomic E-state index is -0.206. The molecular formula is C12H10N4OS. The van der Waals surface area contributed by atoms with Crippen LogP contribution in [-0.2, 0) is 0 Å². The van der Waals surface area contributed by atoms with Gasteiger partial charge in [0.15, 0.2) is 0 Å². The lowest BCUT2D eigenvalue weighted by atomic mass is 10.2. The number of aromatic nitrogens is 3. The maximum atomic E-state index is 12.0. The van der Waals surface area contributed by atoms with Crippen molar-refractivity contribution in [2.24, 2.45) is 0 Å². The maximum absolute atomic E-state index is 12.0. The number of hydrogen-bond donors (Lipinski definition) is 2. The second-order valence-electron chi connectivity index (χ2n) is 3.85. The highest BCUT2D eigenvalue weighted by molar-refractivity contribution is 7.15. The molecule has 3 rings (SSSR count). The third-order valence-electron chi connectivity index (χ3n) is 2.52. The number of nitrogens with zero attached hydrogens (tertiary/aromatic N) is 2. The number of benzene rings is 1. The minimum absolute atomic E-state index is 0.206. The fourth-order valence-electron chi connectivity index (χ4n) is 1.71. The molecule has 0 aliphatic carbocycles. The van der Waals surface area contributed by atoms with Gasteiger partial charge in [0, 0.05) is 10.9 Å². The molecule has 0 aliphatic heterocycles. The largest absolute Gasteiger partial charge is 0.351 e. The molecule has 2 heterocycles. The van der Waals surface area contributed by atoms with Crippen molar-refractivity contribution in [1.29, 1.82) is 0 Å². The van der Waals surface area contributed by atoms with Crippen LogP contribution in [0.1, 0.15) is 15.5 Å². The molecule has 0 saturated heterocycles. The van der Waals surface area contributed by atoms with Crippen LogP contribution in [0.5, 0.6) is 0 Å². The van der Waals surface area contributed by atoms with Crippen molar-refractivity contribution in [2.75, 3.05) is 5.32 Å². The molecule has 3 aromatic rings. The quantitative estimate of drug-likeness (QED) is 0.742. The number of rotatable bonds is 2. The number of para-hydroxylation sites is 1. The summed E-state index contributed by atoms with van der Waals surface area (Å²) >= 11 is 1.35. The Balaban J connectivity index is 1.87. The first-order valence-corrected chi connectivity index (χ1v) is 6.23. The highest BCUT2D eigenvalue weighted by Gasteiger charge is 2.11. The third kappa shape index (κ3) is 1.98. The van der Waals surface area contributed by atoms with E-state index in [9.17, 15) is 4.79 Å². The molecule has 5 nitrogen and oxygen atoms in total. The van der Waals surface area contributed by atoms with Crippen LogP contribution in [-0.4, -0.2) is 21.1 Å². The van der Waals surface area contributed by atoms with Gasteiger partial charge in [0.25, 0.3) is 5.91 Å². The molecule has 0 fully saturated rings. The van der Waals surface area contributed by atoms with Crippen molar-refractivity contribution in [2.45, 2.75) is 6.92 Å². The van der Waals surface area contributed by atoms with E-state index in [0.29, 0.717) is 10.8 Å². The molecule has 0 radical (unpaired) electrons. The summed E-state index contributed by atoms with van der Waals surface area (Å²) < 4.78 is 0. The number of fused-ring (bicyclic) bond motifs is 1. The van der Waals surface area contributed by atoms with E-state index < -0.39 is 0 Å². The molecule has 0 spiro atoms. The predicted molar refractivity (Wildman–Crippen MR) is 70.9 cm³/mol. The van der Waals surface area contributed by atoms with Gasteiger partial charge in [-0.3, -0.25) is 10.1 Å². The molecule has 2 aromatic heterocycles. The van der Waals surface area contributed by atoms with E-state index >= 15 is 0 Å². The molecule has 0 saturated carbocycles. The van der Waals surface area contributed by atoms with E-state index in [4.69, 9.17) is 0 Å². The summed E-state index contributed by atoms with van der Waals surface area (Å²) in [6.45, 7) is 1.84. The van der Waals surface area contributed by atoms with Crippen LogP contribution in [0, 0.1) is 6.92 Å². The highest BCUT2D eigenvalue weighted by atomic mass is 32.1. The zero-order chi connectivity index (χ0) is 12.5. The van der Waals surface area contributed by atoms with Gasteiger partial charge >= 0.3 is 0 Å². The molecule has 1 aromatic carbocycles. The molecule has 6 heteroatoms. The number of nitrogens with one attached hydrogen (secondary N) is 2. The summed E-state index contributed by atoms with van der Waals surface area (Å²) in [6.07, 6.45) is 0. The monoisotopic (exact) mass is 258 g/mol. The van der Waals surface area contributed by atoms with Crippen LogP contribution in [0.3, 0.4) is 0 Å². The van der Waals surface area contributed by atoms with Gasteiger partial charge in [-0.2, -0.15) is 0 Å². The van der Waals surface area contributed by atoms with Crippen molar-refractivity contribution in [1.82, 2.24) is 15.2 Å². The Morgan fingerprint density at radius 3 is 2.89 bits per heavy atom. The van der Waals surface area contributed by atoms with Gasteiger partial charge in [-0.15, -0.1) is 10.2 Å². The number of amides is 1. The Labute approximate surface area is 107 Å². The Kier molecular flexibility index (Phi) is 2.56. The van der Waals surface area contributed by atoms with Gasteiger partial charge in [-0.25, -0.2) is 0 Å². The molecule has 0 bridgehead atoms. The molecule has 0 atom stereocenters. The standard InChI is InChI=1S/C12H10N4OS/c1-7-15-16-12(18-7)14-11(17)10-6-8-4-2-3-5-9(8)13-10/h2-6,13H,1H3,(H,14,16,17). The Morgan fingerprint density at radius 1 is 1.33 bits per heavy atom. The fourth-order valence-corrected chi connectivity index (χ4v) is 2.29. The average molecular weight is 258 g/mol. The van der Waals surface area contributed by atoms with Crippen molar-refractivity contribution < 1.29 is 4.79 Å². The highest BCUT2D eigenvalue weighted by Crippen LogP contribution is 2.17. The van der Waals surface area contributed by atoms with Crippen molar-refractivity contribution in [3.8, 4) is 0 Å². The summed E-state index contributed by atoms with van der Waals surface area (Å²) in [5.41, 5.74) is 1.46. The van der Waals surface area contributed by atoms with Gasteiger partial charge in [0.2, 0.25) is 5.13 Å². The van der Waals surface area contributed by atoms with E-state index in [2.05, 4.69) is 20.5 Å². The third-order valence-corrected chi connectivity index (χ3v) is 3.28. The van der Waals surface area contributed by atoms with Crippen LogP contribution >= 0.6 is 11.3 Å². The summed E-state index contributed by atoms with van der Waals surface area (Å²) in [5, 5.41) is 12.8. The lowest BCUT2D eigenvalue weighted by molar-refractivity contribution is 0.102. The predicted octanol–water partition coefficient (Wildman–Crippen LogP) is 2.58. The molecule has 1 amide bonds. The Hall–Kier alpha value is -2.21. The van der Waals surface area contributed by atoms with Gasteiger partial charge in [-0.05, 0) is 19.1 Å². The van der Waals surface area contributed by atoms with Crippen LogP contribution in [0.2, 0.25) is 0 Å². The van der Waals surface area contributed by atoms with E-state index in [0.717, 1.165) is 15.9 Å².